The van der Waals surface area contributed by atoms with E-state index in [0.717, 1.165) is 47.8 Å². The summed E-state index contributed by atoms with van der Waals surface area (Å²) < 4.78 is 5.50. The summed E-state index contributed by atoms with van der Waals surface area (Å²) >= 11 is 0. The Morgan fingerprint density at radius 1 is 1.12 bits per heavy atom. The molecule has 9 unspecified atom stereocenters. The quantitative estimate of drug-likeness (QED) is 0.374. The molecule has 24 heavy (non-hydrogen) atoms. The summed E-state index contributed by atoms with van der Waals surface area (Å²) in [6.07, 6.45) is 9.45. The number of rotatable bonds is 6. The number of hydrogen-bond acceptors (Lipinski definition) is 2. The molecular weight excluding hydrogens is 296 g/mol. The Morgan fingerprint density at radius 3 is 2.62 bits per heavy atom. The van der Waals surface area contributed by atoms with Crippen LogP contribution in [0, 0.1) is 52.8 Å². The number of carbonyl (C=O) groups excluding carboxylic acids is 1. The number of ether oxygens (including phenoxy) is 1. The summed E-state index contributed by atoms with van der Waals surface area (Å²) in [4.78, 5) is 12.7. The molecule has 4 rings (SSSR count). The molecule has 2 heteroatoms. The first-order valence-corrected chi connectivity index (χ1v) is 10.7. The molecule has 136 valence electrons. The summed E-state index contributed by atoms with van der Waals surface area (Å²) in [6.45, 7) is 9.56. The Morgan fingerprint density at radius 2 is 1.92 bits per heavy atom. The molecule has 4 aliphatic carbocycles. The lowest BCUT2D eigenvalue weighted by molar-refractivity contribution is -0.161. The highest BCUT2D eigenvalue weighted by atomic mass is 16.5. The fourth-order valence-electron chi connectivity index (χ4n) is 8.04. The second-order valence-corrected chi connectivity index (χ2v) is 9.68. The third-order valence-corrected chi connectivity index (χ3v) is 8.83. The van der Waals surface area contributed by atoms with E-state index in [1.54, 1.807) is 0 Å². The normalized spacial score (nSPS) is 51.2. The first-order valence-electron chi connectivity index (χ1n) is 10.7. The van der Waals surface area contributed by atoms with Gasteiger partial charge in [-0.05, 0) is 86.9 Å². The van der Waals surface area contributed by atoms with Crippen LogP contribution >= 0.6 is 0 Å². The van der Waals surface area contributed by atoms with E-state index in [9.17, 15) is 4.79 Å². The molecule has 9 atom stereocenters. The predicted octanol–water partition coefficient (Wildman–Crippen LogP) is 5.31. The van der Waals surface area contributed by atoms with Crippen molar-refractivity contribution in [1.29, 1.82) is 0 Å². The topological polar surface area (TPSA) is 26.3 Å². The second kappa shape index (κ2) is 6.02. The maximum Gasteiger partial charge on any atom is 0.312 e. The van der Waals surface area contributed by atoms with Crippen molar-refractivity contribution in [1.82, 2.24) is 0 Å². The highest BCUT2D eigenvalue weighted by molar-refractivity contribution is 5.77. The maximum atomic E-state index is 12.7. The molecule has 0 aliphatic heterocycles. The van der Waals surface area contributed by atoms with Gasteiger partial charge in [-0.3, -0.25) is 4.79 Å². The van der Waals surface area contributed by atoms with Crippen molar-refractivity contribution >= 4 is 5.97 Å². The van der Waals surface area contributed by atoms with Gasteiger partial charge in [-0.25, -0.2) is 0 Å². The van der Waals surface area contributed by atoms with Crippen LogP contribution < -0.4 is 0 Å². The average Bonchev–Trinajstić information content (AvgIpc) is 3.26. The van der Waals surface area contributed by atoms with Gasteiger partial charge >= 0.3 is 5.97 Å². The van der Waals surface area contributed by atoms with Crippen molar-refractivity contribution in [3.8, 4) is 0 Å². The molecule has 0 amide bonds. The Balaban J connectivity index is 1.53. The smallest absolute Gasteiger partial charge is 0.312 e. The highest BCUT2D eigenvalue weighted by Crippen LogP contribution is 2.74. The lowest BCUT2D eigenvalue weighted by Gasteiger charge is -2.47. The zero-order chi connectivity index (χ0) is 17.1. The Bertz CT molecular complexity index is 500. The number of fused-ring (bicyclic) bond motifs is 9. The van der Waals surface area contributed by atoms with Crippen molar-refractivity contribution in [2.24, 2.45) is 52.8 Å². The number of carbonyl (C=O) groups is 1. The summed E-state index contributed by atoms with van der Waals surface area (Å²) in [5.74, 6) is 7.06. The molecule has 4 aliphatic rings. The first kappa shape index (κ1) is 16.9. The van der Waals surface area contributed by atoms with Crippen LogP contribution in [0.15, 0.2) is 0 Å². The number of unbranched alkanes of at least 4 members (excludes halogenated alkanes) is 2. The van der Waals surface area contributed by atoms with Crippen molar-refractivity contribution < 1.29 is 9.53 Å². The molecule has 4 saturated carbocycles. The second-order valence-electron chi connectivity index (χ2n) is 9.68. The van der Waals surface area contributed by atoms with E-state index in [1.807, 2.05) is 6.92 Å². The molecule has 4 bridgehead atoms. The monoisotopic (exact) mass is 332 g/mol. The first-order chi connectivity index (χ1) is 11.5. The van der Waals surface area contributed by atoms with Gasteiger partial charge in [-0.15, -0.1) is 0 Å². The Labute approximate surface area is 148 Å². The van der Waals surface area contributed by atoms with E-state index >= 15 is 0 Å². The van der Waals surface area contributed by atoms with Crippen molar-refractivity contribution in [3.63, 3.8) is 0 Å². The fraction of sp³-hybridized carbons (Fsp3) is 0.955. The minimum atomic E-state index is -0.177. The molecule has 0 heterocycles. The summed E-state index contributed by atoms with van der Waals surface area (Å²) in [5, 5.41) is 0. The Hall–Kier alpha value is -0.530. The SMILES string of the molecule is CCCCCC1C(C)C2CC1C1C2C2CC1C(C)(C(=O)OCC)C2. The largest absolute Gasteiger partial charge is 0.466 e. The van der Waals surface area contributed by atoms with Gasteiger partial charge < -0.3 is 4.74 Å². The third kappa shape index (κ3) is 2.16. The molecule has 0 N–H and O–H groups in total. The van der Waals surface area contributed by atoms with Gasteiger partial charge in [0.05, 0.1) is 12.0 Å². The van der Waals surface area contributed by atoms with Gasteiger partial charge in [-0.2, -0.15) is 0 Å². The van der Waals surface area contributed by atoms with E-state index in [0.29, 0.717) is 12.5 Å². The third-order valence-electron chi connectivity index (χ3n) is 8.83. The standard InChI is InChI=1S/C22H36O2/c1-5-7-8-9-15-13(3)16-11-17(15)20-18-10-14(19(16)20)12-22(18,4)21(23)24-6-2/h13-20H,5-12H2,1-4H3. The van der Waals surface area contributed by atoms with Gasteiger partial charge in [0.25, 0.3) is 0 Å². The average molecular weight is 333 g/mol. The number of hydrogen-bond donors (Lipinski definition) is 0. The molecule has 0 saturated heterocycles. The summed E-state index contributed by atoms with van der Waals surface area (Å²) in [6, 6.07) is 0. The van der Waals surface area contributed by atoms with E-state index in [2.05, 4.69) is 20.8 Å². The van der Waals surface area contributed by atoms with Gasteiger partial charge in [0, 0.05) is 0 Å². The fourth-order valence-corrected chi connectivity index (χ4v) is 8.04. The van der Waals surface area contributed by atoms with Gasteiger partial charge in [0.1, 0.15) is 0 Å². The van der Waals surface area contributed by atoms with E-state index in [4.69, 9.17) is 4.74 Å². The summed E-state index contributed by atoms with van der Waals surface area (Å²) in [5.41, 5.74) is -0.177. The highest BCUT2D eigenvalue weighted by Gasteiger charge is 2.70. The predicted molar refractivity (Wildman–Crippen MR) is 96.3 cm³/mol. The van der Waals surface area contributed by atoms with Crippen LogP contribution in [-0.2, 0) is 9.53 Å². The lowest BCUT2D eigenvalue weighted by Crippen LogP contribution is -2.46. The molecule has 0 aromatic heterocycles. The van der Waals surface area contributed by atoms with Crippen LogP contribution in [0.4, 0.5) is 0 Å². The Kier molecular flexibility index (Phi) is 4.24. The van der Waals surface area contributed by atoms with Gasteiger partial charge in [0.15, 0.2) is 0 Å². The van der Waals surface area contributed by atoms with Crippen LogP contribution in [0.5, 0.6) is 0 Å². The van der Waals surface area contributed by atoms with Crippen LogP contribution in [0.2, 0.25) is 0 Å². The zero-order valence-electron chi connectivity index (χ0n) is 16.1. The summed E-state index contributed by atoms with van der Waals surface area (Å²) in [7, 11) is 0. The molecule has 4 fully saturated rings. The van der Waals surface area contributed by atoms with Crippen molar-refractivity contribution in [2.45, 2.75) is 72.6 Å². The van der Waals surface area contributed by atoms with Crippen LogP contribution in [0.3, 0.4) is 0 Å². The van der Waals surface area contributed by atoms with E-state index < -0.39 is 0 Å². The lowest BCUT2D eigenvalue weighted by atomic mass is 9.57. The van der Waals surface area contributed by atoms with Crippen LogP contribution in [-0.4, -0.2) is 12.6 Å². The van der Waals surface area contributed by atoms with Crippen molar-refractivity contribution in [2.75, 3.05) is 6.61 Å². The maximum absolute atomic E-state index is 12.7. The minimum absolute atomic E-state index is 0.106. The molecule has 0 spiro atoms. The van der Waals surface area contributed by atoms with Crippen molar-refractivity contribution in [3.05, 3.63) is 0 Å². The molecule has 0 aromatic rings. The van der Waals surface area contributed by atoms with E-state index in [-0.39, 0.29) is 11.4 Å². The molecule has 0 aromatic carbocycles. The van der Waals surface area contributed by atoms with Crippen LogP contribution in [0.25, 0.3) is 0 Å². The van der Waals surface area contributed by atoms with Crippen LogP contribution in [0.1, 0.15) is 72.6 Å². The van der Waals surface area contributed by atoms with Gasteiger partial charge in [0.2, 0.25) is 0 Å². The molecular formula is C22H36O2. The molecule has 0 radical (unpaired) electrons. The van der Waals surface area contributed by atoms with Gasteiger partial charge in [-0.1, -0.05) is 33.1 Å². The molecule has 2 nitrogen and oxygen atoms in total. The zero-order valence-corrected chi connectivity index (χ0v) is 16.1. The van der Waals surface area contributed by atoms with E-state index in [1.165, 1.54) is 38.5 Å². The number of esters is 1. The minimum Gasteiger partial charge on any atom is -0.466 e.